The maximum atomic E-state index is 12.9. The van der Waals surface area contributed by atoms with E-state index in [0.717, 1.165) is 67.5 Å². The molecule has 6 heteroatoms. The highest BCUT2D eigenvalue weighted by atomic mass is 16.5. The molecule has 1 N–H and O–H groups in total. The van der Waals surface area contributed by atoms with Crippen LogP contribution in [0.15, 0.2) is 28.9 Å². The first-order valence-electron chi connectivity index (χ1n) is 10.5. The summed E-state index contributed by atoms with van der Waals surface area (Å²) in [5.74, 6) is 0.242. The second-order valence-corrected chi connectivity index (χ2v) is 8.37. The SMILES string of the molecule is Cc1cc(C)cc(-n2ncc3c2CCCC3NC(=O)c2onc3c2CCCC3)c1. The molecule has 1 unspecified atom stereocenters. The molecule has 3 aromatic rings. The zero-order valence-corrected chi connectivity index (χ0v) is 17.0. The molecule has 0 bridgehead atoms. The van der Waals surface area contributed by atoms with E-state index in [1.807, 2.05) is 10.9 Å². The Labute approximate surface area is 170 Å². The van der Waals surface area contributed by atoms with Crippen molar-refractivity contribution in [2.45, 2.75) is 64.8 Å². The molecule has 2 aliphatic rings. The normalized spacial score (nSPS) is 18.2. The number of hydrogen-bond donors (Lipinski definition) is 1. The van der Waals surface area contributed by atoms with Crippen LogP contribution in [-0.2, 0) is 19.3 Å². The zero-order valence-electron chi connectivity index (χ0n) is 17.0. The Kier molecular flexibility index (Phi) is 4.49. The summed E-state index contributed by atoms with van der Waals surface area (Å²) >= 11 is 0. The van der Waals surface area contributed by atoms with Crippen LogP contribution in [0.4, 0.5) is 0 Å². The Hall–Kier alpha value is -2.89. The number of nitrogens with one attached hydrogen (secondary N) is 1. The van der Waals surface area contributed by atoms with E-state index >= 15 is 0 Å². The van der Waals surface area contributed by atoms with Crippen molar-refractivity contribution < 1.29 is 9.32 Å². The van der Waals surface area contributed by atoms with Gasteiger partial charge in [-0.1, -0.05) is 11.2 Å². The molecule has 150 valence electrons. The average Bonchev–Trinajstić information content (AvgIpc) is 3.32. The van der Waals surface area contributed by atoms with E-state index in [1.54, 1.807) is 0 Å². The second kappa shape index (κ2) is 7.17. The molecular weight excluding hydrogens is 364 g/mol. The van der Waals surface area contributed by atoms with Crippen molar-refractivity contribution in [2.24, 2.45) is 0 Å². The Morgan fingerprint density at radius 3 is 2.72 bits per heavy atom. The van der Waals surface area contributed by atoms with Crippen molar-refractivity contribution >= 4 is 5.91 Å². The Morgan fingerprint density at radius 1 is 1.10 bits per heavy atom. The fourth-order valence-electron chi connectivity index (χ4n) is 4.80. The van der Waals surface area contributed by atoms with Crippen molar-refractivity contribution in [3.05, 3.63) is 63.8 Å². The Bertz CT molecular complexity index is 1060. The standard InChI is InChI=1S/C23H26N4O2/c1-14-10-15(2)12-16(11-14)27-21-9-5-8-19(18(21)13-24-27)25-23(28)22-17-6-3-4-7-20(17)26-29-22/h10-13,19H,3-9H2,1-2H3,(H,25,28). The van der Waals surface area contributed by atoms with Crippen LogP contribution in [0, 0.1) is 13.8 Å². The minimum atomic E-state index is -0.155. The number of carbonyl (C=O) groups is 1. The van der Waals surface area contributed by atoms with Gasteiger partial charge in [-0.15, -0.1) is 0 Å². The number of aryl methyl sites for hydroxylation is 3. The van der Waals surface area contributed by atoms with Gasteiger partial charge in [0.15, 0.2) is 0 Å². The number of hydrogen-bond acceptors (Lipinski definition) is 4. The van der Waals surface area contributed by atoms with Crippen molar-refractivity contribution in [1.29, 1.82) is 0 Å². The molecule has 1 atom stereocenters. The lowest BCUT2D eigenvalue weighted by Crippen LogP contribution is -2.31. The summed E-state index contributed by atoms with van der Waals surface area (Å²) in [6, 6.07) is 6.43. The molecule has 2 heterocycles. The van der Waals surface area contributed by atoms with Crippen LogP contribution in [-0.4, -0.2) is 20.8 Å². The van der Waals surface area contributed by atoms with E-state index in [1.165, 1.54) is 16.8 Å². The smallest absolute Gasteiger partial charge is 0.290 e. The third kappa shape index (κ3) is 3.26. The van der Waals surface area contributed by atoms with Gasteiger partial charge in [0.25, 0.3) is 5.91 Å². The summed E-state index contributed by atoms with van der Waals surface area (Å²) in [5, 5.41) is 12.0. The van der Waals surface area contributed by atoms with E-state index in [2.05, 4.69) is 47.6 Å². The first kappa shape index (κ1) is 18.2. The Morgan fingerprint density at radius 2 is 1.90 bits per heavy atom. The molecule has 1 amide bonds. The van der Waals surface area contributed by atoms with Gasteiger partial charge >= 0.3 is 0 Å². The van der Waals surface area contributed by atoms with Crippen LogP contribution in [0.5, 0.6) is 0 Å². The molecular formula is C23H26N4O2. The van der Waals surface area contributed by atoms with Gasteiger partial charge in [0.05, 0.1) is 23.6 Å². The Balaban J connectivity index is 1.42. The summed E-state index contributed by atoms with van der Waals surface area (Å²) < 4.78 is 7.46. The highest BCUT2D eigenvalue weighted by Gasteiger charge is 2.30. The first-order chi connectivity index (χ1) is 14.1. The lowest BCUT2D eigenvalue weighted by Gasteiger charge is -2.24. The number of aromatic nitrogens is 3. The molecule has 5 rings (SSSR count). The maximum absolute atomic E-state index is 12.9. The monoisotopic (exact) mass is 390 g/mol. The van der Waals surface area contributed by atoms with Crippen LogP contribution in [0.2, 0.25) is 0 Å². The molecule has 29 heavy (non-hydrogen) atoms. The highest BCUT2D eigenvalue weighted by molar-refractivity contribution is 5.93. The van der Waals surface area contributed by atoms with Gasteiger partial charge < -0.3 is 9.84 Å². The summed E-state index contributed by atoms with van der Waals surface area (Å²) in [5.41, 5.74) is 7.77. The molecule has 0 aliphatic heterocycles. The van der Waals surface area contributed by atoms with Gasteiger partial charge in [0, 0.05) is 16.8 Å². The highest BCUT2D eigenvalue weighted by Crippen LogP contribution is 2.32. The average molecular weight is 390 g/mol. The molecule has 2 aromatic heterocycles. The van der Waals surface area contributed by atoms with Gasteiger partial charge in [-0.2, -0.15) is 5.10 Å². The summed E-state index contributed by atoms with van der Waals surface area (Å²) in [4.78, 5) is 12.9. The van der Waals surface area contributed by atoms with Crippen molar-refractivity contribution in [2.75, 3.05) is 0 Å². The number of rotatable bonds is 3. The number of benzene rings is 1. The van der Waals surface area contributed by atoms with Gasteiger partial charge in [-0.3, -0.25) is 4.79 Å². The van der Waals surface area contributed by atoms with Crippen molar-refractivity contribution in [3.8, 4) is 5.69 Å². The van der Waals surface area contributed by atoms with Crippen LogP contribution < -0.4 is 5.32 Å². The van der Waals surface area contributed by atoms with Crippen molar-refractivity contribution in [3.63, 3.8) is 0 Å². The van der Waals surface area contributed by atoms with Gasteiger partial charge in [0.2, 0.25) is 5.76 Å². The molecule has 6 nitrogen and oxygen atoms in total. The van der Waals surface area contributed by atoms with E-state index in [4.69, 9.17) is 4.52 Å². The molecule has 0 fully saturated rings. The van der Waals surface area contributed by atoms with Gasteiger partial charge in [-0.25, -0.2) is 4.68 Å². The summed E-state index contributed by atoms with van der Waals surface area (Å²) in [7, 11) is 0. The minimum absolute atomic E-state index is 0.0461. The van der Waals surface area contributed by atoms with Gasteiger partial charge in [-0.05, 0) is 82.1 Å². The molecule has 0 spiro atoms. The molecule has 1 aromatic carbocycles. The van der Waals surface area contributed by atoms with E-state index < -0.39 is 0 Å². The third-order valence-corrected chi connectivity index (χ3v) is 6.11. The minimum Gasteiger partial charge on any atom is -0.350 e. The fourth-order valence-corrected chi connectivity index (χ4v) is 4.80. The van der Waals surface area contributed by atoms with E-state index in [9.17, 15) is 4.79 Å². The molecule has 0 radical (unpaired) electrons. The summed E-state index contributed by atoms with van der Waals surface area (Å²) in [6.45, 7) is 4.21. The number of carbonyl (C=O) groups excluding carboxylic acids is 1. The lowest BCUT2D eigenvalue weighted by atomic mass is 9.92. The predicted octanol–water partition coefficient (Wildman–Crippen LogP) is 4.16. The van der Waals surface area contributed by atoms with Crippen LogP contribution in [0.25, 0.3) is 5.69 Å². The zero-order chi connectivity index (χ0) is 20.0. The van der Waals surface area contributed by atoms with Crippen LogP contribution in [0.1, 0.15) is 75.9 Å². The molecule has 0 saturated carbocycles. The largest absolute Gasteiger partial charge is 0.350 e. The summed E-state index contributed by atoms with van der Waals surface area (Å²) in [6.07, 6.45) is 8.79. The predicted molar refractivity (Wildman–Crippen MR) is 109 cm³/mol. The van der Waals surface area contributed by atoms with Crippen LogP contribution in [0.3, 0.4) is 0 Å². The second-order valence-electron chi connectivity index (χ2n) is 8.37. The lowest BCUT2D eigenvalue weighted by molar-refractivity contribution is 0.0894. The number of amides is 1. The maximum Gasteiger partial charge on any atom is 0.290 e. The van der Waals surface area contributed by atoms with Crippen LogP contribution >= 0.6 is 0 Å². The number of nitrogens with zero attached hydrogens (tertiary/aromatic N) is 3. The molecule has 0 saturated heterocycles. The van der Waals surface area contributed by atoms with Gasteiger partial charge in [0.1, 0.15) is 0 Å². The number of fused-ring (bicyclic) bond motifs is 2. The first-order valence-corrected chi connectivity index (χ1v) is 10.5. The van der Waals surface area contributed by atoms with E-state index in [-0.39, 0.29) is 11.9 Å². The van der Waals surface area contributed by atoms with E-state index in [0.29, 0.717) is 5.76 Å². The quantitative estimate of drug-likeness (QED) is 0.729. The third-order valence-electron chi connectivity index (χ3n) is 6.11. The topological polar surface area (TPSA) is 73.0 Å². The fraction of sp³-hybridized carbons (Fsp3) is 0.435. The van der Waals surface area contributed by atoms with Crippen molar-refractivity contribution in [1.82, 2.24) is 20.3 Å². The molecule has 2 aliphatic carbocycles.